The average Bonchev–Trinajstić information content (AvgIpc) is 2.82. The highest BCUT2D eigenvalue weighted by atomic mass is 19.4. The van der Waals surface area contributed by atoms with Gasteiger partial charge in [0.1, 0.15) is 5.75 Å². The number of hydrogen-bond acceptors (Lipinski definition) is 3. The minimum absolute atomic E-state index is 0.0354. The first-order valence-electron chi connectivity index (χ1n) is 10.7. The number of anilines is 1. The number of hydrogen-bond donors (Lipinski definition) is 1. The zero-order chi connectivity index (χ0) is 23.4. The molecule has 3 aromatic carbocycles. The molecule has 0 saturated carbocycles. The molecule has 0 spiro atoms. The Morgan fingerprint density at radius 1 is 0.939 bits per heavy atom. The summed E-state index contributed by atoms with van der Waals surface area (Å²) in [6, 6.07) is 19.4. The minimum atomic E-state index is -4.47. The van der Waals surface area contributed by atoms with Crippen LogP contribution in [0.5, 0.6) is 5.75 Å². The van der Waals surface area contributed by atoms with Crippen LogP contribution in [0.3, 0.4) is 0 Å². The van der Waals surface area contributed by atoms with Gasteiger partial charge in [-0.1, -0.05) is 48.5 Å². The maximum Gasteiger partial charge on any atom is 0.422 e. The number of fused-ring (bicyclic) bond motifs is 1. The standard InChI is InChI=1S/C25H23F3N2O3/c26-25(27,28)16-33-22-11-4-3-10-21(22)29-23(31)18-12-14-30(15-13-18)24(32)20-9-5-7-17-6-1-2-8-19(17)20/h1-11,18H,12-16H2,(H,29,31). The predicted octanol–water partition coefficient (Wildman–Crippen LogP) is 5.27. The molecule has 33 heavy (non-hydrogen) atoms. The van der Waals surface area contributed by atoms with Gasteiger partial charge in [-0.05, 0) is 41.8 Å². The van der Waals surface area contributed by atoms with Gasteiger partial charge >= 0.3 is 6.18 Å². The van der Waals surface area contributed by atoms with E-state index in [9.17, 15) is 22.8 Å². The molecular weight excluding hydrogens is 433 g/mol. The molecule has 0 atom stereocenters. The smallest absolute Gasteiger partial charge is 0.422 e. The zero-order valence-electron chi connectivity index (χ0n) is 17.8. The summed E-state index contributed by atoms with van der Waals surface area (Å²) in [7, 11) is 0. The topological polar surface area (TPSA) is 58.6 Å². The van der Waals surface area contributed by atoms with Crippen LogP contribution in [0.4, 0.5) is 18.9 Å². The number of carbonyl (C=O) groups excluding carboxylic acids is 2. The molecule has 0 radical (unpaired) electrons. The van der Waals surface area contributed by atoms with Crippen molar-refractivity contribution in [2.24, 2.45) is 5.92 Å². The zero-order valence-corrected chi connectivity index (χ0v) is 17.8. The number of halogens is 3. The van der Waals surface area contributed by atoms with Gasteiger partial charge in [-0.25, -0.2) is 0 Å². The average molecular weight is 456 g/mol. The molecular formula is C25H23F3N2O3. The van der Waals surface area contributed by atoms with Crippen LogP contribution in [0, 0.1) is 5.92 Å². The first kappa shape index (κ1) is 22.6. The van der Waals surface area contributed by atoms with E-state index in [1.807, 2.05) is 36.4 Å². The van der Waals surface area contributed by atoms with Gasteiger partial charge < -0.3 is 15.0 Å². The molecule has 1 heterocycles. The number of ether oxygens (including phenoxy) is 1. The highest BCUT2D eigenvalue weighted by Gasteiger charge is 2.30. The lowest BCUT2D eigenvalue weighted by molar-refractivity contribution is -0.153. The number of nitrogens with one attached hydrogen (secondary N) is 1. The maximum atomic E-state index is 13.1. The summed E-state index contributed by atoms with van der Waals surface area (Å²) >= 11 is 0. The molecule has 0 bridgehead atoms. The van der Waals surface area contributed by atoms with Crippen LogP contribution in [0.15, 0.2) is 66.7 Å². The summed E-state index contributed by atoms with van der Waals surface area (Å²) in [4.78, 5) is 27.6. The molecule has 4 rings (SSSR count). The van der Waals surface area contributed by atoms with E-state index >= 15 is 0 Å². The third kappa shape index (κ3) is 5.45. The van der Waals surface area contributed by atoms with Gasteiger partial charge in [0.05, 0.1) is 5.69 Å². The molecule has 0 unspecified atom stereocenters. The lowest BCUT2D eigenvalue weighted by atomic mass is 9.94. The first-order valence-corrected chi connectivity index (χ1v) is 10.7. The fourth-order valence-corrected chi connectivity index (χ4v) is 4.02. The lowest BCUT2D eigenvalue weighted by Crippen LogP contribution is -2.41. The van der Waals surface area contributed by atoms with Crippen LogP contribution < -0.4 is 10.1 Å². The Hall–Kier alpha value is -3.55. The van der Waals surface area contributed by atoms with Crippen LogP contribution in [-0.2, 0) is 4.79 Å². The number of benzene rings is 3. The van der Waals surface area contributed by atoms with E-state index in [0.29, 0.717) is 31.5 Å². The number of amides is 2. The normalized spacial score (nSPS) is 14.8. The first-order chi connectivity index (χ1) is 15.8. The molecule has 0 aromatic heterocycles. The molecule has 1 aliphatic heterocycles. The van der Waals surface area contributed by atoms with Crippen molar-refractivity contribution >= 4 is 28.3 Å². The van der Waals surface area contributed by atoms with Gasteiger partial charge in [0.2, 0.25) is 5.91 Å². The second-order valence-corrected chi connectivity index (χ2v) is 7.98. The molecule has 3 aromatic rings. The molecule has 172 valence electrons. The number of nitrogens with zero attached hydrogens (tertiary/aromatic N) is 1. The summed E-state index contributed by atoms with van der Waals surface area (Å²) in [5, 5.41) is 4.56. The van der Waals surface area contributed by atoms with Gasteiger partial charge in [0, 0.05) is 24.6 Å². The molecule has 5 nitrogen and oxygen atoms in total. The quantitative estimate of drug-likeness (QED) is 0.569. The van der Waals surface area contributed by atoms with Gasteiger partial charge in [0.25, 0.3) is 5.91 Å². The minimum Gasteiger partial charge on any atom is -0.482 e. The Morgan fingerprint density at radius 2 is 1.61 bits per heavy atom. The van der Waals surface area contributed by atoms with Crippen LogP contribution in [-0.4, -0.2) is 42.6 Å². The monoisotopic (exact) mass is 456 g/mol. The van der Waals surface area contributed by atoms with Crippen molar-refractivity contribution in [1.29, 1.82) is 0 Å². The van der Waals surface area contributed by atoms with Crippen molar-refractivity contribution in [3.8, 4) is 5.75 Å². The van der Waals surface area contributed by atoms with Crippen LogP contribution in [0.1, 0.15) is 23.2 Å². The molecule has 1 saturated heterocycles. The summed E-state index contributed by atoms with van der Waals surface area (Å²) < 4.78 is 42.3. The van der Waals surface area contributed by atoms with E-state index in [1.54, 1.807) is 23.1 Å². The summed E-state index contributed by atoms with van der Waals surface area (Å²) in [5.41, 5.74) is 0.827. The number of rotatable bonds is 5. The second-order valence-electron chi connectivity index (χ2n) is 7.98. The molecule has 1 N–H and O–H groups in total. The Kier molecular flexibility index (Phi) is 6.53. The van der Waals surface area contributed by atoms with E-state index in [2.05, 4.69) is 5.32 Å². The Morgan fingerprint density at radius 3 is 2.36 bits per heavy atom. The van der Waals surface area contributed by atoms with Crippen molar-refractivity contribution in [2.45, 2.75) is 19.0 Å². The lowest BCUT2D eigenvalue weighted by Gasteiger charge is -2.31. The van der Waals surface area contributed by atoms with E-state index in [0.717, 1.165) is 10.8 Å². The summed E-state index contributed by atoms with van der Waals surface area (Å²) in [6.45, 7) is -0.590. The Labute approximate surface area is 189 Å². The van der Waals surface area contributed by atoms with Crippen molar-refractivity contribution in [2.75, 3.05) is 25.0 Å². The second kappa shape index (κ2) is 9.52. The molecule has 2 amide bonds. The molecule has 0 aliphatic carbocycles. The Bertz CT molecular complexity index is 1150. The van der Waals surface area contributed by atoms with Crippen LogP contribution >= 0.6 is 0 Å². The van der Waals surface area contributed by atoms with Gasteiger partial charge in [-0.15, -0.1) is 0 Å². The van der Waals surface area contributed by atoms with E-state index in [1.165, 1.54) is 12.1 Å². The van der Waals surface area contributed by atoms with E-state index in [4.69, 9.17) is 4.74 Å². The third-order valence-electron chi connectivity index (χ3n) is 5.71. The fourth-order valence-electron chi connectivity index (χ4n) is 4.02. The Balaban J connectivity index is 1.37. The highest BCUT2D eigenvalue weighted by molar-refractivity contribution is 6.07. The summed E-state index contributed by atoms with van der Waals surface area (Å²) in [6.07, 6.45) is -3.54. The number of para-hydroxylation sites is 2. The van der Waals surface area contributed by atoms with E-state index in [-0.39, 0.29) is 29.2 Å². The fraction of sp³-hybridized carbons (Fsp3) is 0.280. The van der Waals surface area contributed by atoms with Crippen molar-refractivity contribution in [3.05, 3.63) is 72.3 Å². The predicted molar refractivity (Wildman–Crippen MR) is 119 cm³/mol. The molecule has 1 aliphatic rings. The van der Waals surface area contributed by atoms with Crippen molar-refractivity contribution in [1.82, 2.24) is 4.90 Å². The highest BCUT2D eigenvalue weighted by Crippen LogP contribution is 2.29. The largest absolute Gasteiger partial charge is 0.482 e. The SMILES string of the molecule is O=C(Nc1ccccc1OCC(F)(F)F)C1CCN(C(=O)c2cccc3ccccc23)CC1. The number of piperidine rings is 1. The van der Waals surface area contributed by atoms with Gasteiger partial charge in [0.15, 0.2) is 6.61 Å². The third-order valence-corrected chi connectivity index (χ3v) is 5.71. The van der Waals surface area contributed by atoms with Crippen LogP contribution in [0.25, 0.3) is 10.8 Å². The molecule has 8 heteroatoms. The van der Waals surface area contributed by atoms with E-state index < -0.39 is 12.8 Å². The summed E-state index contributed by atoms with van der Waals surface area (Å²) in [5.74, 6) is -0.754. The maximum absolute atomic E-state index is 13.1. The molecule has 1 fully saturated rings. The number of likely N-dealkylation sites (tertiary alicyclic amines) is 1. The number of alkyl halides is 3. The van der Waals surface area contributed by atoms with Crippen molar-refractivity contribution in [3.63, 3.8) is 0 Å². The van der Waals surface area contributed by atoms with Gasteiger partial charge in [-0.2, -0.15) is 13.2 Å². The van der Waals surface area contributed by atoms with Crippen LogP contribution in [0.2, 0.25) is 0 Å². The van der Waals surface area contributed by atoms with Gasteiger partial charge in [-0.3, -0.25) is 9.59 Å². The number of carbonyl (C=O) groups is 2. The van der Waals surface area contributed by atoms with Crippen molar-refractivity contribution < 1.29 is 27.5 Å².